The zero-order chi connectivity index (χ0) is 34.2. The minimum atomic E-state index is -1.23. The fourth-order valence-electron chi connectivity index (χ4n) is 4.00. The van der Waals surface area contributed by atoms with Gasteiger partial charge in [-0.05, 0) is 57.4 Å². The van der Waals surface area contributed by atoms with Gasteiger partial charge in [-0.1, -0.05) is 58.0 Å². The quantitative estimate of drug-likeness (QED) is 0.139. The molecule has 1 aromatic carbocycles. The van der Waals surface area contributed by atoms with Crippen molar-refractivity contribution in [2.24, 2.45) is 11.8 Å². The zero-order valence-electron chi connectivity index (χ0n) is 27.2. The second kappa shape index (κ2) is 19.1. The van der Waals surface area contributed by atoms with Crippen molar-refractivity contribution in [2.45, 2.75) is 98.1 Å². The number of unbranched alkanes of at least 4 members (excludes halogenated alkanes) is 1. The molecule has 0 radical (unpaired) electrons. The highest BCUT2D eigenvalue weighted by molar-refractivity contribution is 5.94. The molecule has 14 nitrogen and oxygen atoms in total. The molecule has 0 spiro atoms. The molecular weight excluding hydrogens is 586 g/mol. The summed E-state index contributed by atoms with van der Waals surface area (Å²) in [5.74, 6) is -3.96. The van der Waals surface area contributed by atoms with E-state index in [0.29, 0.717) is 12.8 Å². The number of alkyl carbamates (subject to hydrolysis) is 2. The highest BCUT2D eigenvalue weighted by atomic mass is 16.6. The van der Waals surface area contributed by atoms with Gasteiger partial charge in [-0.15, -0.1) is 0 Å². The van der Waals surface area contributed by atoms with Gasteiger partial charge in [-0.3, -0.25) is 19.2 Å². The maximum atomic E-state index is 13.4. The number of nitrogens with one attached hydrogen (secondary N) is 5. The largest absolute Gasteiger partial charge is 0.480 e. The summed E-state index contributed by atoms with van der Waals surface area (Å²) in [6.45, 7) is 11.6. The van der Waals surface area contributed by atoms with Crippen LogP contribution >= 0.6 is 0 Å². The van der Waals surface area contributed by atoms with Crippen LogP contribution in [0.1, 0.15) is 73.3 Å². The van der Waals surface area contributed by atoms with E-state index in [1.54, 1.807) is 48.5 Å². The molecule has 252 valence electrons. The van der Waals surface area contributed by atoms with Gasteiger partial charge in [0.15, 0.2) is 0 Å². The Labute approximate surface area is 264 Å². The molecule has 45 heavy (non-hydrogen) atoms. The van der Waals surface area contributed by atoms with Crippen LogP contribution < -0.4 is 26.6 Å². The molecule has 0 heterocycles. The third kappa shape index (κ3) is 16.3. The zero-order valence-corrected chi connectivity index (χ0v) is 27.2. The van der Waals surface area contributed by atoms with Gasteiger partial charge in [0, 0.05) is 6.54 Å². The first-order valence-electron chi connectivity index (χ1n) is 15.0. The van der Waals surface area contributed by atoms with Gasteiger partial charge in [0.2, 0.25) is 17.7 Å². The molecule has 0 aromatic heterocycles. The van der Waals surface area contributed by atoms with Gasteiger partial charge in [0.25, 0.3) is 0 Å². The number of carbonyl (C=O) groups is 6. The van der Waals surface area contributed by atoms with Crippen LogP contribution in [-0.4, -0.2) is 77.8 Å². The van der Waals surface area contributed by atoms with Crippen molar-refractivity contribution in [1.82, 2.24) is 26.6 Å². The summed E-state index contributed by atoms with van der Waals surface area (Å²) in [6.07, 6.45) is -0.335. The highest BCUT2D eigenvalue weighted by Crippen LogP contribution is 2.11. The third-order valence-electron chi connectivity index (χ3n) is 6.32. The van der Waals surface area contributed by atoms with Crippen molar-refractivity contribution >= 4 is 35.9 Å². The summed E-state index contributed by atoms with van der Waals surface area (Å²) in [5, 5.41) is 21.6. The van der Waals surface area contributed by atoms with Crippen LogP contribution in [0, 0.1) is 11.8 Å². The van der Waals surface area contributed by atoms with Crippen molar-refractivity contribution in [3.63, 3.8) is 0 Å². The Morgan fingerprint density at radius 2 is 1.33 bits per heavy atom. The van der Waals surface area contributed by atoms with Gasteiger partial charge < -0.3 is 41.2 Å². The van der Waals surface area contributed by atoms with Crippen molar-refractivity contribution in [1.29, 1.82) is 0 Å². The SMILES string of the molecule is CC(C)[C@@H](NC(=O)[C@@H](CCCCNC(=O)OCc1ccccc1)NC(=O)OC(C)(C)C)C(=O)N[C@@H](C(=O)NCC(=O)O)C(C)C. The van der Waals surface area contributed by atoms with E-state index >= 15 is 0 Å². The molecule has 0 aliphatic carbocycles. The fraction of sp³-hybridized carbons (Fsp3) is 0.613. The molecule has 5 amide bonds. The number of hydrogen-bond donors (Lipinski definition) is 6. The number of ether oxygens (including phenoxy) is 2. The van der Waals surface area contributed by atoms with E-state index in [1.807, 2.05) is 30.3 Å². The number of carboxylic acid groups (broad SMARTS) is 1. The molecule has 1 rings (SSSR count). The minimum absolute atomic E-state index is 0.129. The fourth-order valence-corrected chi connectivity index (χ4v) is 4.00. The van der Waals surface area contributed by atoms with Crippen molar-refractivity contribution in [2.75, 3.05) is 13.1 Å². The molecule has 3 atom stereocenters. The van der Waals surface area contributed by atoms with Crippen LogP contribution in [0.2, 0.25) is 0 Å². The lowest BCUT2D eigenvalue weighted by atomic mass is 9.99. The van der Waals surface area contributed by atoms with Crippen LogP contribution in [0.4, 0.5) is 9.59 Å². The van der Waals surface area contributed by atoms with E-state index in [4.69, 9.17) is 14.6 Å². The van der Waals surface area contributed by atoms with Crippen LogP contribution in [0.5, 0.6) is 0 Å². The molecule has 0 fully saturated rings. The number of hydrogen-bond acceptors (Lipinski definition) is 8. The maximum absolute atomic E-state index is 13.4. The number of aliphatic carboxylic acids is 1. The van der Waals surface area contributed by atoms with E-state index in [2.05, 4.69) is 26.6 Å². The van der Waals surface area contributed by atoms with Gasteiger partial charge in [-0.2, -0.15) is 0 Å². The summed E-state index contributed by atoms with van der Waals surface area (Å²) >= 11 is 0. The van der Waals surface area contributed by atoms with E-state index in [9.17, 15) is 28.8 Å². The lowest BCUT2D eigenvalue weighted by Crippen LogP contribution is -2.59. The van der Waals surface area contributed by atoms with Gasteiger partial charge >= 0.3 is 18.2 Å². The number of carbonyl (C=O) groups excluding carboxylic acids is 5. The monoisotopic (exact) mass is 635 g/mol. The molecule has 1 aromatic rings. The molecule has 0 aliphatic rings. The lowest BCUT2D eigenvalue weighted by molar-refractivity contribution is -0.139. The Hall–Kier alpha value is -4.36. The molecular formula is C31H49N5O9. The van der Waals surface area contributed by atoms with Gasteiger partial charge in [0.05, 0.1) is 0 Å². The first-order valence-corrected chi connectivity index (χ1v) is 15.0. The molecule has 0 saturated heterocycles. The van der Waals surface area contributed by atoms with Crippen LogP contribution in [0.25, 0.3) is 0 Å². The van der Waals surface area contributed by atoms with Crippen molar-refractivity contribution < 1.29 is 43.3 Å². The summed E-state index contributed by atoms with van der Waals surface area (Å²) in [6, 6.07) is 6.04. The van der Waals surface area contributed by atoms with Gasteiger partial charge in [-0.25, -0.2) is 9.59 Å². The Morgan fingerprint density at radius 1 is 0.756 bits per heavy atom. The average Bonchev–Trinajstić information content (AvgIpc) is 2.94. The van der Waals surface area contributed by atoms with E-state index < -0.39 is 72.1 Å². The standard InChI is InChI=1S/C31H49N5O9/c1-19(2)24(27(40)33-17-23(37)38)36-28(41)25(20(3)4)35-26(39)22(34-30(43)45-31(5,6)7)15-11-12-16-32-29(42)44-18-21-13-9-8-10-14-21/h8-10,13-14,19-20,22,24-25H,11-12,15-18H2,1-7H3,(H,32,42)(H,33,40)(H,34,43)(H,35,39)(H,36,41)(H,37,38)/t22-,24-,25-/m1/s1. The minimum Gasteiger partial charge on any atom is -0.480 e. The topological polar surface area (TPSA) is 201 Å². The van der Waals surface area contributed by atoms with E-state index in [0.717, 1.165) is 5.56 Å². The maximum Gasteiger partial charge on any atom is 0.408 e. The lowest BCUT2D eigenvalue weighted by Gasteiger charge is -2.29. The predicted molar refractivity (Wildman–Crippen MR) is 166 cm³/mol. The first-order chi connectivity index (χ1) is 21.0. The summed E-state index contributed by atoms with van der Waals surface area (Å²) in [5.41, 5.74) is 0.0343. The van der Waals surface area contributed by atoms with Crippen molar-refractivity contribution in [3.8, 4) is 0 Å². The Morgan fingerprint density at radius 3 is 1.89 bits per heavy atom. The summed E-state index contributed by atoms with van der Waals surface area (Å²) in [4.78, 5) is 74.6. The first kappa shape index (κ1) is 38.7. The van der Waals surface area contributed by atoms with Crippen LogP contribution in [0.3, 0.4) is 0 Å². The molecule has 0 saturated carbocycles. The normalized spacial score (nSPS) is 13.2. The number of benzene rings is 1. The Bertz CT molecular complexity index is 1140. The third-order valence-corrected chi connectivity index (χ3v) is 6.32. The van der Waals surface area contributed by atoms with Crippen LogP contribution in [0.15, 0.2) is 30.3 Å². The van der Waals surface area contributed by atoms with Gasteiger partial charge in [0.1, 0.15) is 36.9 Å². The smallest absolute Gasteiger partial charge is 0.408 e. The Kier molecular flexibility index (Phi) is 16.4. The molecule has 0 aliphatic heterocycles. The molecule has 0 unspecified atom stereocenters. The highest BCUT2D eigenvalue weighted by Gasteiger charge is 2.33. The number of amides is 5. The summed E-state index contributed by atoms with van der Waals surface area (Å²) in [7, 11) is 0. The molecule has 6 N–H and O–H groups in total. The Balaban J connectivity index is 2.84. The number of carboxylic acids is 1. The predicted octanol–water partition coefficient (Wildman–Crippen LogP) is 2.46. The summed E-state index contributed by atoms with van der Waals surface area (Å²) < 4.78 is 10.5. The van der Waals surface area contributed by atoms with E-state index in [-0.39, 0.29) is 25.5 Å². The number of rotatable bonds is 17. The average molecular weight is 636 g/mol. The second-order valence-electron chi connectivity index (χ2n) is 12.3. The molecule has 0 bridgehead atoms. The second-order valence-corrected chi connectivity index (χ2v) is 12.3. The molecule has 14 heteroatoms. The van der Waals surface area contributed by atoms with Crippen LogP contribution in [-0.2, 0) is 35.3 Å². The van der Waals surface area contributed by atoms with E-state index in [1.165, 1.54) is 0 Å². The van der Waals surface area contributed by atoms with Crippen molar-refractivity contribution in [3.05, 3.63) is 35.9 Å².